The maximum atomic E-state index is 12.3. The summed E-state index contributed by atoms with van der Waals surface area (Å²) in [5.41, 5.74) is 2.34. The van der Waals surface area contributed by atoms with Gasteiger partial charge in [-0.2, -0.15) is 0 Å². The molecule has 1 atom stereocenters. The fourth-order valence-electron chi connectivity index (χ4n) is 2.42. The van der Waals surface area contributed by atoms with E-state index < -0.39 is 0 Å². The smallest absolute Gasteiger partial charge is 0.240 e. The van der Waals surface area contributed by atoms with E-state index in [1.807, 2.05) is 31.0 Å². The Bertz CT molecular complexity index is 417. The van der Waals surface area contributed by atoms with Crippen LogP contribution in [0.5, 0.6) is 0 Å². The van der Waals surface area contributed by atoms with Crippen molar-refractivity contribution < 1.29 is 4.79 Å². The second-order valence-electron chi connectivity index (χ2n) is 4.81. The van der Waals surface area contributed by atoms with E-state index in [0.717, 1.165) is 31.5 Å². The van der Waals surface area contributed by atoms with Gasteiger partial charge in [-0.15, -0.1) is 0 Å². The number of likely N-dealkylation sites (tertiary alicyclic amines) is 1. The number of aromatic nitrogens is 1. The molecule has 4 heteroatoms. The van der Waals surface area contributed by atoms with Crippen molar-refractivity contribution in [3.05, 3.63) is 29.6 Å². The molecule has 1 unspecified atom stereocenters. The van der Waals surface area contributed by atoms with Gasteiger partial charge in [0, 0.05) is 25.5 Å². The molecular formula is C14H21N3O. The molecule has 4 nitrogen and oxygen atoms in total. The van der Waals surface area contributed by atoms with E-state index in [1.165, 1.54) is 5.56 Å². The van der Waals surface area contributed by atoms with Crippen LogP contribution in [0, 0.1) is 6.92 Å². The highest BCUT2D eigenvalue weighted by atomic mass is 16.2. The van der Waals surface area contributed by atoms with Crippen LogP contribution in [-0.4, -0.2) is 34.9 Å². The van der Waals surface area contributed by atoms with Crippen LogP contribution in [0.15, 0.2) is 18.5 Å². The number of hydrogen-bond acceptors (Lipinski definition) is 3. The molecule has 1 fully saturated rings. The van der Waals surface area contributed by atoms with Crippen LogP contribution in [0.2, 0.25) is 0 Å². The summed E-state index contributed by atoms with van der Waals surface area (Å²) in [5.74, 6) is 0.235. The molecule has 1 aliphatic heterocycles. The van der Waals surface area contributed by atoms with Gasteiger partial charge >= 0.3 is 0 Å². The van der Waals surface area contributed by atoms with Crippen LogP contribution in [0.4, 0.5) is 0 Å². The maximum Gasteiger partial charge on any atom is 0.240 e. The van der Waals surface area contributed by atoms with Gasteiger partial charge in [-0.05, 0) is 43.5 Å². The first-order valence-electron chi connectivity index (χ1n) is 6.64. The molecule has 0 saturated carbocycles. The number of amides is 1. The normalized spacial score (nSPS) is 20.2. The summed E-state index contributed by atoms with van der Waals surface area (Å²) in [6.45, 7) is 6.49. The summed E-state index contributed by atoms with van der Waals surface area (Å²) < 4.78 is 0. The Labute approximate surface area is 108 Å². The second kappa shape index (κ2) is 5.96. The zero-order valence-corrected chi connectivity index (χ0v) is 11.1. The van der Waals surface area contributed by atoms with Crippen LogP contribution < -0.4 is 5.32 Å². The van der Waals surface area contributed by atoms with Gasteiger partial charge in [0.15, 0.2) is 0 Å². The van der Waals surface area contributed by atoms with Gasteiger partial charge < -0.3 is 10.2 Å². The molecule has 1 N–H and O–H groups in total. The third kappa shape index (κ3) is 2.88. The summed E-state index contributed by atoms with van der Waals surface area (Å²) in [6.07, 6.45) is 5.68. The number of piperidine rings is 1. The van der Waals surface area contributed by atoms with Gasteiger partial charge in [-0.1, -0.05) is 6.92 Å². The number of pyridine rings is 1. The van der Waals surface area contributed by atoms with Crippen LogP contribution in [0.3, 0.4) is 0 Å². The number of carbonyl (C=O) groups is 1. The van der Waals surface area contributed by atoms with Gasteiger partial charge in [0.2, 0.25) is 5.91 Å². The molecule has 1 aliphatic rings. The monoisotopic (exact) mass is 247 g/mol. The molecule has 98 valence electrons. The molecule has 1 amide bonds. The topological polar surface area (TPSA) is 45.2 Å². The Hall–Kier alpha value is -1.42. The predicted molar refractivity (Wildman–Crippen MR) is 71.1 cm³/mol. The van der Waals surface area contributed by atoms with Crippen molar-refractivity contribution in [3.8, 4) is 0 Å². The number of likely N-dealkylation sites (N-methyl/N-ethyl adjacent to an activating group) is 1. The van der Waals surface area contributed by atoms with Crippen LogP contribution >= 0.6 is 0 Å². The minimum absolute atomic E-state index is 0.00546. The Morgan fingerprint density at radius 2 is 2.39 bits per heavy atom. The highest BCUT2D eigenvalue weighted by Gasteiger charge is 2.27. The molecule has 0 aliphatic carbocycles. The van der Waals surface area contributed by atoms with E-state index in [2.05, 4.69) is 10.3 Å². The molecule has 0 bridgehead atoms. The first-order chi connectivity index (χ1) is 8.72. The van der Waals surface area contributed by atoms with E-state index >= 15 is 0 Å². The Morgan fingerprint density at radius 3 is 3.11 bits per heavy atom. The second-order valence-corrected chi connectivity index (χ2v) is 4.81. The first kappa shape index (κ1) is 13.0. The Morgan fingerprint density at radius 1 is 1.56 bits per heavy atom. The van der Waals surface area contributed by atoms with Gasteiger partial charge in [-0.25, -0.2) is 0 Å². The summed E-state index contributed by atoms with van der Waals surface area (Å²) in [4.78, 5) is 18.3. The number of rotatable bonds is 4. The lowest BCUT2D eigenvalue weighted by Gasteiger charge is -2.33. The highest BCUT2D eigenvalue weighted by Crippen LogP contribution is 2.16. The molecule has 1 aromatic heterocycles. The zero-order chi connectivity index (χ0) is 13.0. The molecule has 0 aromatic carbocycles. The fraction of sp³-hybridized carbons (Fsp3) is 0.571. The molecule has 1 aromatic rings. The third-order valence-electron chi connectivity index (χ3n) is 3.48. The molecule has 1 saturated heterocycles. The third-order valence-corrected chi connectivity index (χ3v) is 3.48. The van der Waals surface area contributed by atoms with Crippen molar-refractivity contribution >= 4 is 5.91 Å². The zero-order valence-electron chi connectivity index (χ0n) is 11.1. The van der Waals surface area contributed by atoms with Crippen LogP contribution in [0.1, 0.15) is 30.9 Å². The number of hydrogen-bond donors (Lipinski definition) is 1. The van der Waals surface area contributed by atoms with Crippen molar-refractivity contribution in [3.63, 3.8) is 0 Å². The van der Waals surface area contributed by atoms with Crippen molar-refractivity contribution in [1.29, 1.82) is 0 Å². The highest BCUT2D eigenvalue weighted by molar-refractivity contribution is 5.82. The van der Waals surface area contributed by atoms with Crippen molar-refractivity contribution in [2.75, 3.05) is 13.1 Å². The minimum Gasteiger partial charge on any atom is -0.337 e. The Balaban J connectivity index is 2.05. The fourth-order valence-corrected chi connectivity index (χ4v) is 2.42. The summed E-state index contributed by atoms with van der Waals surface area (Å²) in [7, 11) is 0. The standard InChI is InChI=1S/C14H21N3O/c1-3-16-13-5-4-8-17(14(13)18)10-12-6-7-15-9-11(12)2/h6-7,9,13,16H,3-5,8,10H2,1-2H3. The molecule has 18 heavy (non-hydrogen) atoms. The molecule has 2 heterocycles. The van der Waals surface area contributed by atoms with Gasteiger partial charge in [0.05, 0.1) is 6.04 Å². The molecule has 0 spiro atoms. The van der Waals surface area contributed by atoms with Gasteiger partial charge in [0.25, 0.3) is 0 Å². The van der Waals surface area contributed by atoms with Crippen molar-refractivity contribution in [1.82, 2.24) is 15.2 Å². The van der Waals surface area contributed by atoms with Gasteiger partial charge in [0.1, 0.15) is 0 Å². The summed E-state index contributed by atoms with van der Waals surface area (Å²) in [5, 5.41) is 3.26. The lowest BCUT2D eigenvalue weighted by molar-refractivity contribution is -0.136. The van der Waals surface area contributed by atoms with Gasteiger partial charge in [-0.3, -0.25) is 9.78 Å². The van der Waals surface area contributed by atoms with E-state index in [0.29, 0.717) is 6.54 Å². The molecular weight excluding hydrogens is 226 g/mol. The number of carbonyl (C=O) groups excluding carboxylic acids is 1. The molecule has 0 radical (unpaired) electrons. The lowest BCUT2D eigenvalue weighted by atomic mass is 10.0. The van der Waals surface area contributed by atoms with E-state index in [-0.39, 0.29) is 11.9 Å². The number of nitrogens with zero attached hydrogens (tertiary/aromatic N) is 2. The average molecular weight is 247 g/mol. The first-order valence-corrected chi connectivity index (χ1v) is 6.64. The summed E-state index contributed by atoms with van der Waals surface area (Å²) >= 11 is 0. The predicted octanol–water partition coefficient (Wildman–Crippen LogP) is 1.49. The number of nitrogens with one attached hydrogen (secondary N) is 1. The SMILES string of the molecule is CCNC1CCCN(Cc2ccncc2C)C1=O. The number of aryl methyl sites for hydroxylation is 1. The van der Waals surface area contributed by atoms with Crippen molar-refractivity contribution in [2.24, 2.45) is 0 Å². The minimum atomic E-state index is 0.00546. The molecule has 2 rings (SSSR count). The van der Waals surface area contributed by atoms with E-state index in [9.17, 15) is 4.79 Å². The average Bonchev–Trinajstić information content (AvgIpc) is 2.37. The van der Waals surface area contributed by atoms with Crippen LogP contribution in [0.25, 0.3) is 0 Å². The largest absolute Gasteiger partial charge is 0.337 e. The van der Waals surface area contributed by atoms with E-state index in [1.54, 1.807) is 6.20 Å². The quantitative estimate of drug-likeness (QED) is 0.877. The van der Waals surface area contributed by atoms with Crippen molar-refractivity contribution in [2.45, 2.75) is 39.3 Å². The lowest BCUT2D eigenvalue weighted by Crippen LogP contribution is -2.50. The van der Waals surface area contributed by atoms with Crippen LogP contribution in [-0.2, 0) is 11.3 Å². The Kier molecular flexibility index (Phi) is 4.31. The summed E-state index contributed by atoms with van der Waals surface area (Å²) in [6, 6.07) is 2.00. The van der Waals surface area contributed by atoms with E-state index in [4.69, 9.17) is 0 Å². The maximum absolute atomic E-state index is 12.3.